The maximum absolute atomic E-state index is 12.3. The van der Waals surface area contributed by atoms with Crippen LogP contribution in [0.3, 0.4) is 0 Å². The molecule has 121 valence electrons. The Kier molecular flexibility index (Phi) is 5.89. The summed E-state index contributed by atoms with van der Waals surface area (Å²) in [5.41, 5.74) is 2.28. The fourth-order valence-electron chi connectivity index (χ4n) is 1.97. The number of nitrogens with one attached hydrogen (secondary N) is 1. The Morgan fingerprint density at radius 2 is 1.43 bits per heavy atom. The van der Waals surface area contributed by atoms with Gasteiger partial charge in [0.05, 0.1) is 10.3 Å². The maximum Gasteiger partial charge on any atom is 0.631 e. The average Bonchev–Trinajstić information content (AvgIpc) is 2.54. The van der Waals surface area contributed by atoms with Gasteiger partial charge in [-0.05, 0) is 36.9 Å². The minimum Gasteiger partial charge on any atom is -0.372 e. The van der Waals surface area contributed by atoms with Crippen molar-refractivity contribution in [2.24, 2.45) is 0 Å². The lowest BCUT2D eigenvalue weighted by Crippen LogP contribution is -2.41. The summed E-state index contributed by atoms with van der Waals surface area (Å²) in [4.78, 5) is 17.3. The van der Waals surface area contributed by atoms with Crippen molar-refractivity contribution in [3.05, 3.63) is 60.7 Å². The number of benzene rings is 2. The van der Waals surface area contributed by atoms with Gasteiger partial charge in [-0.25, -0.2) is 0 Å². The van der Waals surface area contributed by atoms with Gasteiger partial charge < -0.3 is 5.11 Å². The summed E-state index contributed by atoms with van der Waals surface area (Å²) >= 11 is 0. The van der Waals surface area contributed by atoms with Gasteiger partial charge in [-0.1, -0.05) is 60.7 Å². The van der Waals surface area contributed by atoms with Crippen LogP contribution in [0, 0.1) is 0 Å². The minimum absolute atomic E-state index is 0.377. The first kappa shape index (κ1) is 17.6. The Hall–Kier alpha value is -1.74. The van der Waals surface area contributed by atoms with E-state index >= 15 is 0 Å². The van der Waals surface area contributed by atoms with E-state index in [0.717, 1.165) is 10.6 Å². The number of hydroxylamine groups is 1. The number of carbonyl (C=O) groups excluding carboxylic acids is 1. The fraction of sp³-hybridized carbons (Fsp3) is 0.278. The van der Waals surface area contributed by atoms with Gasteiger partial charge in [0.15, 0.2) is 0 Å². The summed E-state index contributed by atoms with van der Waals surface area (Å²) < 4.78 is 0. The molecule has 2 N–H and O–H groups in total. The third kappa shape index (κ3) is 5.14. The Labute approximate surface area is 138 Å². The number of rotatable bonds is 5. The number of aliphatic hydroxyl groups is 1. The van der Waals surface area contributed by atoms with Gasteiger partial charge in [0.1, 0.15) is 0 Å². The Balaban J connectivity index is 2.25. The van der Waals surface area contributed by atoms with Crippen LogP contribution in [0.4, 0.5) is 0 Å². The molecular formula is C18H22NO3P+. The van der Waals surface area contributed by atoms with Crippen LogP contribution in [0.1, 0.15) is 20.8 Å². The van der Waals surface area contributed by atoms with Crippen LogP contribution in [0.25, 0.3) is 0 Å². The quantitative estimate of drug-likeness (QED) is 0.501. The van der Waals surface area contributed by atoms with E-state index < -0.39 is 19.7 Å². The summed E-state index contributed by atoms with van der Waals surface area (Å²) in [7, 11) is -1.26. The highest BCUT2D eigenvalue weighted by atomic mass is 31.1. The summed E-state index contributed by atoms with van der Waals surface area (Å²) in [5.74, 6) is -1.90. The standard InChI is InChI=1S/C18H22NO3P/c1-18(2,3)19-22-16(20)17(21)23(14-10-6-4-7-11-14)15-12-8-5-9-13-15/h4-13,17,19,21H,1-3H3/q+1. The molecule has 0 bridgehead atoms. The van der Waals surface area contributed by atoms with Crippen LogP contribution in [0.2, 0.25) is 0 Å². The molecule has 0 heterocycles. The van der Waals surface area contributed by atoms with Crippen LogP contribution in [-0.2, 0) is 9.63 Å². The molecule has 0 aliphatic rings. The first-order valence-corrected chi connectivity index (χ1v) is 8.85. The predicted octanol–water partition coefficient (Wildman–Crippen LogP) is 2.28. The molecule has 1 radical (unpaired) electrons. The van der Waals surface area contributed by atoms with Crippen molar-refractivity contribution in [1.29, 1.82) is 0 Å². The van der Waals surface area contributed by atoms with Gasteiger partial charge in [0.25, 0.3) is 0 Å². The first-order valence-electron chi connectivity index (χ1n) is 7.44. The van der Waals surface area contributed by atoms with E-state index in [1.54, 1.807) is 0 Å². The number of aliphatic hydroxyl groups excluding tert-OH is 1. The molecule has 0 aliphatic heterocycles. The molecule has 1 atom stereocenters. The van der Waals surface area contributed by atoms with E-state index in [2.05, 4.69) is 5.48 Å². The van der Waals surface area contributed by atoms with E-state index in [4.69, 9.17) is 4.84 Å². The lowest BCUT2D eigenvalue weighted by atomic mass is 10.1. The summed E-state index contributed by atoms with van der Waals surface area (Å²) in [6.45, 7) is 5.64. The van der Waals surface area contributed by atoms with Crippen molar-refractivity contribution in [1.82, 2.24) is 5.48 Å². The molecule has 2 aromatic rings. The third-order valence-electron chi connectivity index (χ3n) is 2.98. The van der Waals surface area contributed by atoms with Crippen molar-refractivity contribution in [3.8, 4) is 0 Å². The van der Waals surface area contributed by atoms with E-state index in [9.17, 15) is 9.90 Å². The Bertz CT molecular complexity index is 586. The lowest BCUT2D eigenvalue weighted by Gasteiger charge is -2.20. The van der Waals surface area contributed by atoms with Gasteiger partial charge in [-0.15, -0.1) is 0 Å². The van der Waals surface area contributed by atoms with Crippen molar-refractivity contribution in [2.45, 2.75) is 32.2 Å². The highest BCUT2D eigenvalue weighted by Crippen LogP contribution is 2.38. The molecule has 23 heavy (non-hydrogen) atoms. The molecule has 5 heteroatoms. The summed E-state index contributed by atoms with van der Waals surface area (Å²) in [6.07, 6.45) is 0. The molecule has 2 rings (SSSR count). The SMILES string of the molecule is CC(C)(C)NOC(=[O+])C(O)P(c1ccccc1)c1ccccc1. The number of hydrogen-bond acceptors (Lipinski definition) is 4. The summed E-state index contributed by atoms with van der Waals surface area (Å²) in [5, 5.41) is 12.4. The minimum atomic E-state index is -1.26. The Morgan fingerprint density at radius 1 is 1.00 bits per heavy atom. The molecular weight excluding hydrogens is 309 g/mol. The highest BCUT2D eigenvalue weighted by Gasteiger charge is 2.40. The molecule has 4 nitrogen and oxygen atoms in total. The van der Waals surface area contributed by atoms with Crippen molar-refractivity contribution < 1.29 is 14.7 Å². The third-order valence-corrected chi connectivity index (χ3v) is 5.39. The van der Waals surface area contributed by atoms with Crippen LogP contribution >= 0.6 is 7.92 Å². The van der Waals surface area contributed by atoms with E-state index in [0.29, 0.717) is 0 Å². The number of carbonyl (C=O) groups is 1. The zero-order valence-electron chi connectivity index (χ0n) is 13.6. The largest absolute Gasteiger partial charge is 0.631 e. The Morgan fingerprint density at radius 3 is 1.83 bits per heavy atom. The van der Waals surface area contributed by atoms with Crippen LogP contribution in [0.5, 0.6) is 0 Å². The van der Waals surface area contributed by atoms with Crippen LogP contribution < -0.4 is 16.1 Å². The summed E-state index contributed by atoms with van der Waals surface area (Å²) in [6, 6.07) is 19.1. The molecule has 0 saturated heterocycles. The molecule has 0 fully saturated rings. The van der Waals surface area contributed by atoms with Gasteiger partial charge in [-0.3, -0.25) is 0 Å². The monoisotopic (exact) mass is 331 g/mol. The number of hydrogen-bond donors (Lipinski definition) is 2. The zero-order chi connectivity index (χ0) is 16.9. The van der Waals surface area contributed by atoms with Crippen molar-refractivity contribution in [3.63, 3.8) is 0 Å². The maximum atomic E-state index is 12.3. The molecule has 1 unspecified atom stereocenters. The smallest absolute Gasteiger partial charge is 0.372 e. The molecule has 0 saturated carbocycles. The second-order valence-electron chi connectivity index (χ2n) is 6.19. The molecule has 0 aromatic heterocycles. The molecule has 0 amide bonds. The van der Waals surface area contributed by atoms with Crippen molar-refractivity contribution >= 4 is 24.5 Å². The van der Waals surface area contributed by atoms with Crippen LogP contribution in [-0.4, -0.2) is 22.5 Å². The van der Waals surface area contributed by atoms with Gasteiger partial charge in [-0.2, -0.15) is 4.84 Å². The molecule has 0 aliphatic carbocycles. The van der Waals surface area contributed by atoms with Gasteiger partial charge in [0, 0.05) is 7.92 Å². The zero-order valence-corrected chi connectivity index (χ0v) is 14.5. The van der Waals surface area contributed by atoms with Crippen molar-refractivity contribution in [2.75, 3.05) is 0 Å². The molecule has 2 aromatic carbocycles. The second kappa shape index (κ2) is 7.69. The topological polar surface area (TPSA) is 61.4 Å². The predicted molar refractivity (Wildman–Crippen MR) is 94.1 cm³/mol. The first-order chi connectivity index (χ1) is 10.9. The fourth-order valence-corrected chi connectivity index (χ4v) is 4.08. The van der Waals surface area contributed by atoms with Crippen LogP contribution in [0.15, 0.2) is 60.7 Å². The van der Waals surface area contributed by atoms with E-state index in [1.807, 2.05) is 81.4 Å². The van der Waals surface area contributed by atoms with E-state index in [-0.39, 0.29) is 5.54 Å². The second-order valence-corrected chi connectivity index (χ2v) is 8.45. The average molecular weight is 331 g/mol. The highest BCUT2D eigenvalue weighted by molar-refractivity contribution is 7.74. The normalized spacial score (nSPS) is 12.9. The van der Waals surface area contributed by atoms with E-state index in [1.165, 1.54) is 0 Å². The molecule has 0 spiro atoms. The van der Waals surface area contributed by atoms with Gasteiger partial charge in [0.2, 0.25) is 5.85 Å². The van der Waals surface area contributed by atoms with Gasteiger partial charge >= 0.3 is 5.97 Å². The lowest BCUT2D eigenvalue weighted by molar-refractivity contribution is -0.160.